The van der Waals surface area contributed by atoms with Crippen LogP contribution in [-0.2, 0) is 33.2 Å². The predicted octanol–water partition coefficient (Wildman–Crippen LogP) is -8.16. The number of ketones is 1. The van der Waals surface area contributed by atoms with Crippen molar-refractivity contribution in [1.29, 1.82) is 0 Å². The van der Waals surface area contributed by atoms with Crippen LogP contribution in [0, 0.1) is 5.92 Å². The fourth-order valence-electron chi connectivity index (χ4n) is 7.00. The summed E-state index contributed by atoms with van der Waals surface area (Å²) in [7, 11) is 0. The van der Waals surface area contributed by atoms with Gasteiger partial charge in [0, 0.05) is 38.0 Å². The van der Waals surface area contributed by atoms with Crippen molar-refractivity contribution in [2.24, 2.45) is 40.3 Å². The first-order chi connectivity index (χ1) is 22.6. The zero-order chi connectivity index (χ0) is 35.2. The molecular formula is C28H52N6O14. The molecule has 3 heterocycles. The molecule has 2 aliphatic carbocycles. The molecule has 20 atom stereocenters. The van der Waals surface area contributed by atoms with Gasteiger partial charge in [0.2, 0.25) is 0 Å². The van der Waals surface area contributed by atoms with E-state index in [4.69, 9.17) is 62.8 Å². The Hall–Kier alpha value is -1.09. The van der Waals surface area contributed by atoms with Gasteiger partial charge in [-0.1, -0.05) is 0 Å². The van der Waals surface area contributed by atoms with Crippen molar-refractivity contribution >= 4 is 5.78 Å². The maximum absolute atomic E-state index is 12.9. The standard InChI is InChI=1S/C28H52N6O14/c29-5-12-11(36)3-10(32)25(43-12)46-22-9(31)1-8(2-16(37)28(42)4-15(28)33)18(38)24(22)48-27-21(41)23(14(7-35)45-27)47-26-17(34)20(40)19(39)13(6-30)44-26/h8-15,17-27,35-36,38-42H,1-7,29-34H2/t8-,9-,10+,11-,12+,13-,14+,15?,17+,18-,19+,20+,21+,22+,23+,24+,25+,26+,27-,28?/m0/s1. The Morgan fingerprint density at radius 2 is 1.29 bits per heavy atom. The molecule has 20 nitrogen and oxygen atoms in total. The molecule has 2 saturated carbocycles. The van der Waals surface area contributed by atoms with Gasteiger partial charge in [0.1, 0.15) is 54.4 Å². The molecule has 278 valence electrons. The summed E-state index contributed by atoms with van der Waals surface area (Å²) < 4.78 is 35.4. The van der Waals surface area contributed by atoms with Gasteiger partial charge < -0.3 is 98.6 Å². The third-order valence-corrected chi connectivity index (χ3v) is 10.2. The molecule has 0 bridgehead atoms. The molecule has 19 N–H and O–H groups in total. The van der Waals surface area contributed by atoms with Crippen LogP contribution in [0.5, 0.6) is 0 Å². The number of aliphatic hydroxyl groups is 7. The van der Waals surface area contributed by atoms with E-state index in [0.29, 0.717) is 0 Å². The molecule has 3 saturated heterocycles. The van der Waals surface area contributed by atoms with Crippen molar-refractivity contribution in [3.63, 3.8) is 0 Å². The smallest absolute Gasteiger partial charge is 0.187 e. The van der Waals surface area contributed by atoms with Crippen molar-refractivity contribution in [3.05, 3.63) is 0 Å². The zero-order valence-corrected chi connectivity index (χ0v) is 26.4. The Bertz CT molecular complexity index is 1100. The van der Waals surface area contributed by atoms with Crippen LogP contribution < -0.4 is 34.4 Å². The molecule has 20 heteroatoms. The minimum absolute atomic E-state index is 0.0370. The lowest BCUT2D eigenvalue weighted by molar-refractivity contribution is -0.299. The summed E-state index contributed by atoms with van der Waals surface area (Å²) in [5.74, 6) is -1.41. The highest BCUT2D eigenvalue weighted by atomic mass is 16.8. The summed E-state index contributed by atoms with van der Waals surface area (Å²) in [6.45, 7) is -0.896. The summed E-state index contributed by atoms with van der Waals surface area (Å²) in [6, 6.07) is -3.73. The number of rotatable bonds is 12. The number of Topliss-reactive ketones (excluding diaryl/α,β-unsaturated/α-hetero) is 1. The second-order valence-corrected chi connectivity index (χ2v) is 13.6. The molecule has 0 aromatic rings. The number of nitrogens with two attached hydrogens (primary N) is 6. The van der Waals surface area contributed by atoms with Gasteiger partial charge in [-0.25, -0.2) is 0 Å². The van der Waals surface area contributed by atoms with E-state index in [2.05, 4.69) is 0 Å². The van der Waals surface area contributed by atoms with E-state index in [1.165, 1.54) is 0 Å². The van der Waals surface area contributed by atoms with Gasteiger partial charge in [0.15, 0.2) is 24.7 Å². The summed E-state index contributed by atoms with van der Waals surface area (Å²) >= 11 is 0. The molecule has 5 aliphatic rings. The minimum Gasteiger partial charge on any atom is -0.394 e. The van der Waals surface area contributed by atoms with Crippen LogP contribution in [0.25, 0.3) is 0 Å². The average molecular weight is 697 g/mol. The van der Waals surface area contributed by atoms with Crippen LogP contribution in [0.15, 0.2) is 0 Å². The highest BCUT2D eigenvalue weighted by molar-refractivity contribution is 5.91. The Morgan fingerprint density at radius 3 is 1.90 bits per heavy atom. The van der Waals surface area contributed by atoms with Crippen LogP contribution >= 0.6 is 0 Å². The van der Waals surface area contributed by atoms with E-state index in [1.807, 2.05) is 0 Å². The Kier molecular flexibility index (Phi) is 12.1. The number of ether oxygens (including phenoxy) is 6. The average Bonchev–Trinajstić information content (AvgIpc) is 3.57. The Balaban J connectivity index is 1.35. The van der Waals surface area contributed by atoms with E-state index in [9.17, 15) is 40.5 Å². The molecule has 5 fully saturated rings. The fourth-order valence-corrected chi connectivity index (χ4v) is 7.00. The first kappa shape index (κ1) is 38.1. The molecule has 3 aliphatic heterocycles. The van der Waals surface area contributed by atoms with E-state index in [-0.39, 0.29) is 38.8 Å². The molecule has 2 unspecified atom stereocenters. The van der Waals surface area contributed by atoms with E-state index in [0.717, 1.165) is 0 Å². The van der Waals surface area contributed by atoms with E-state index in [1.54, 1.807) is 0 Å². The highest BCUT2D eigenvalue weighted by Crippen LogP contribution is 2.41. The summed E-state index contributed by atoms with van der Waals surface area (Å²) in [5.41, 5.74) is 34.2. The molecule has 48 heavy (non-hydrogen) atoms. The normalized spacial score (nSPS) is 52.7. The number of hydrogen-bond donors (Lipinski definition) is 13. The van der Waals surface area contributed by atoms with Gasteiger partial charge in [0.25, 0.3) is 0 Å². The molecule has 5 rings (SSSR count). The van der Waals surface area contributed by atoms with Crippen LogP contribution in [0.3, 0.4) is 0 Å². The summed E-state index contributed by atoms with van der Waals surface area (Å²) in [5, 5.41) is 74.4. The monoisotopic (exact) mass is 696 g/mol. The summed E-state index contributed by atoms with van der Waals surface area (Å²) in [4.78, 5) is 12.9. The highest BCUT2D eigenvalue weighted by Gasteiger charge is 2.59. The maximum Gasteiger partial charge on any atom is 0.187 e. The van der Waals surface area contributed by atoms with Gasteiger partial charge in [-0.05, 0) is 18.8 Å². The van der Waals surface area contributed by atoms with E-state index >= 15 is 0 Å². The van der Waals surface area contributed by atoms with Crippen LogP contribution in [0.1, 0.15) is 25.7 Å². The van der Waals surface area contributed by atoms with Gasteiger partial charge in [-0.2, -0.15) is 0 Å². The van der Waals surface area contributed by atoms with Crippen LogP contribution in [0.2, 0.25) is 0 Å². The van der Waals surface area contributed by atoms with Gasteiger partial charge in [0.05, 0.1) is 37.0 Å². The van der Waals surface area contributed by atoms with Gasteiger partial charge >= 0.3 is 0 Å². The topological polar surface area (TPSA) is 370 Å². The fraction of sp³-hybridized carbons (Fsp3) is 0.964. The Morgan fingerprint density at radius 1 is 0.708 bits per heavy atom. The van der Waals surface area contributed by atoms with Crippen molar-refractivity contribution in [2.45, 2.75) is 141 Å². The van der Waals surface area contributed by atoms with Crippen molar-refractivity contribution < 1.29 is 69.0 Å². The first-order valence-corrected chi connectivity index (χ1v) is 16.3. The van der Waals surface area contributed by atoms with Crippen molar-refractivity contribution in [2.75, 3.05) is 19.7 Å². The van der Waals surface area contributed by atoms with E-state index < -0.39 is 134 Å². The van der Waals surface area contributed by atoms with Gasteiger partial charge in [-0.3, -0.25) is 4.79 Å². The minimum atomic E-state index is -1.70. The maximum atomic E-state index is 12.9. The SMILES string of the molecule is NC[C@@H]1O[C@H](O[C@H]2[C@@H](O)[C@H](O[C@@H]3[C@@H](O)[C@H](CC(=O)C4(O)CC4N)C[C@H](N)[C@H]3O[C@H]3O[C@H](CN)[C@@H](O)C[C@H]3N)O[C@@H]2CO)[C@H](N)[C@@H](O)[C@@H]1O. The lowest BCUT2D eigenvalue weighted by Crippen LogP contribution is -2.64. The summed E-state index contributed by atoms with van der Waals surface area (Å²) in [6.07, 6.45) is -18.2. The van der Waals surface area contributed by atoms with Crippen molar-refractivity contribution in [3.8, 4) is 0 Å². The third-order valence-electron chi connectivity index (χ3n) is 10.2. The largest absolute Gasteiger partial charge is 0.394 e. The molecule has 0 aromatic carbocycles. The zero-order valence-electron chi connectivity index (χ0n) is 26.4. The second kappa shape index (κ2) is 15.3. The number of carbonyl (C=O) groups is 1. The number of carbonyl (C=O) groups excluding carboxylic acids is 1. The molecule has 0 radical (unpaired) electrons. The molecule has 0 amide bonds. The lowest BCUT2D eigenvalue weighted by atomic mass is 9.76. The predicted molar refractivity (Wildman–Crippen MR) is 160 cm³/mol. The molecular weight excluding hydrogens is 644 g/mol. The van der Waals surface area contributed by atoms with Crippen LogP contribution in [-0.4, -0.2) is 177 Å². The lowest BCUT2D eigenvalue weighted by Gasteiger charge is -2.47. The second-order valence-electron chi connectivity index (χ2n) is 13.6. The van der Waals surface area contributed by atoms with Gasteiger partial charge in [-0.15, -0.1) is 0 Å². The Labute approximate surface area is 276 Å². The van der Waals surface area contributed by atoms with Crippen LogP contribution in [0.4, 0.5) is 0 Å². The molecule has 0 aromatic heterocycles. The third kappa shape index (κ3) is 7.44. The molecule has 0 spiro atoms. The number of aliphatic hydroxyl groups excluding tert-OH is 6. The first-order valence-electron chi connectivity index (χ1n) is 16.3. The quantitative estimate of drug-likeness (QED) is 0.0900. The number of hydrogen-bond acceptors (Lipinski definition) is 20. The van der Waals surface area contributed by atoms with Crippen molar-refractivity contribution in [1.82, 2.24) is 0 Å².